The summed E-state index contributed by atoms with van der Waals surface area (Å²) in [7, 11) is 0. The highest BCUT2D eigenvalue weighted by atomic mass is 32.1. The number of hydrogen-bond acceptors (Lipinski definition) is 5. The van der Waals surface area contributed by atoms with Crippen LogP contribution in [0.5, 0.6) is 0 Å². The van der Waals surface area contributed by atoms with Gasteiger partial charge in [0.2, 0.25) is 11.8 Å². The van der Waals surface area contributed by atoms with Crippen LogP contribution in [-0.2, 0) is 16.0 Å². The molecule has 2 aromatic rings. The van der Waals surface area contributed by atoms with E-state index in [0.29, 0.717) is 43.3 Å². The van der Waals surface area contributed by atoms with E-state index < -0.39 is 0 Å². The molecule has 1 aromatic carbocycles. The third kappa shape index (κ3) is 7.39. The van der Waals surface area contributed by atoms with Crippen LogP contribution < -0.4 is 10.6 Å². The van der Waals surface area contributed by atoms with E-state index in [9.17, 15) is 9.59 Å². The second-order valence-corrected chi connectivity index (χ2v) is 12.0. The second-order valence-electron chi connectivity index (χ2n) is 10.9. The van der Waals surface area contributed by atoms with Gasteiger partial charge in [0.1, 0.15) is 0 Å². The zero-order valence-corrected chi connectivity index (χ0v) is 22.8. The second kappa shape index (κ2) is 12.8. The summed E-state index contributed by atoms with van der Waals surface area (Å²) in [5.41, 5.74) is 2.94. The van der Waals surface area contributed by atoms with E-state index in [1.165, 1.54) is 42.4 Å². The standard InChI is InChI=1S/C29H42N4O2S/c1-20(2)23-11-12-24-26(17-23)36-28(32-24)14-13-27(34)31-25(22-9-5-4-6-10-22)18-30-29(35)21(3)19-33-15-7-8-16-33/h11-12,17,20,22,25H,3-10,13-16,18-19H2,1-2H3,(H,30,35)(H,31,34). The van der Waals surface area contributed by atoms with Gasteiger partial charge in [-0.2, -0.15) is 0 Å². The molecule has 2 heterocycles. The summed E-state index contributed by atoms with van der Waals surface area (Å²) in [6, 6.07) is 6.42. The van der Waals surface area contributed by atoms with Crippen LogP contribution in [0.1, 0.15) is 81.7 Å². The number of aryl methyl sites for hydroxylation is 1. The molecule has 4 rings (SSSR count). The highest BCUT2D eigenvalue weighted by molar-refractivity contribution is 7.18. The minimum absolute atomic E-state index is 0.0368. The van der Waals surface area contributed by atoms with Gasteiger partial charge in [0.05, 0.1) is 15.2 Å². The number of fused-ring (bicyclic) bond motifs is 1. The maximum absolute atomic E-state index is 13.0. The molecule has 36 heavy (non-hydrogen) atoms. The number of hydrogen-bond donors (Lipinski definition) is 2. The molecule has 7 heteroatoms. The van der Waals surface area contributed by atoms with Crippen molar-refractivity contribution in [1.29, 1.82) is 0 Å². The zero-order chi connectivity index (χ0) is 25.5. The molecule has 1 aromatic heterocycles. The maximum Gasteiger partial charge on any atom is 0.247 e. The Morgan fingerprint density at radius 3 is 2.61 bits per heavy atom. The summed E-state index contributed by atoms with van der Waals surface area (Å²) < 4.78 is 1.19. The monoisotopic (exact) mass is 510 g/mol. The van der Waals surface area contributed by atoms with Gasteiger partial charge < -0.3 is 10.6 Å². The van der Waals surface area contributed by atoms with E-state index >= 15 is 0 Å². The van der Waals surface area contributed by atoms with Crippen LogP contribution in [0.25, 0.3) is 10.2 Å². The lowest BCUT2D eigenvalue weighted by atomic mass is 9.83. The molecule has 1 atom stereocenters. The van der Waals surface area contributed by atoms with Crippen LogP contribution in [0.3, 0.4) is 0 Å². The zero-order valence-electron chi connectivity index (χ0n) is 22.0. The SMILES string of the molecule is C=C(CN1CCCC1)C(=O)NCC(NC(=O)CCc1nc2ccc(C(C)C)cc2s1)C1CCCCC1. The smallest absolute Gasteiger partial charge is 0.247 e. The highest BCUT2D eigenvalue weighted by Gasteiger charge is 2.26. The molecule has 1 saturated carbocycles. The van der Waals surface area contributed by atoms with E-state index in [1.807, 2.05) is 0 Å². The number of likely N-dealkylation sites (tertiary alicyclic amines) is 1. The number of carbonyl (C=O) groups excluding carboxylic acids is 2. The number of nitrogens with one attached hydrogen (secondary N) is 2. The van der Waals surface area contributed by atoms with E-state index in [1.54, 1.807) is 11.3 Å². The van der Waals surface area contributed by atoms with Crippen LogP contribution in [0, 0.1) is 5.92 Å². The van der Waals surface area contributed by atoms with Gasteiger partial charge >= 0.3 is 0 Å². The lowest BCUT2D eigenvalue weighted by Gasteiger charge is -2.31. The molecular weight excluding hydrogens is 468 g/mol. The predicted molar refractivity (Wildman–Crippen MR) is 148 cm³/mol. The van der Waals surface area contributed by atoms with Crippen LogP contribution in [0.15, 0.2) is 30.4 Å². The van der Waals surface area contributed by atoms with Crippen molar-refractivity contribution in [2.75, 3.05) is 26.2 Å². The first-order valence-electron chi connectivity index (χ1n) is 13.8. The molecule has 2 fully saturated rings. The van der Waals surface area contributed by atoms with Gasteiger partial charge in [-0.25, -0.2) is 4.98 Å². The largest absolute Gasteiger partial charge is 0.351 e. The van der Waals surface area contributed by atoms with Crippen LogP contribution >= 0.6 is 11.3 Å². The summed E-state index contributed by atoms with van der Waals surface area (Å²) in [4.78, 5) is 32.7. The summed E-state index contributed by atoms with van der Waals surface area (Å²) in [5.74, 6) is 0.845. The Hall–Kier alpha value is -2.25. The van der Waals surface area contributed by atoms with Gasteiger partial charge in [0.25, 0.3) is 0 Å². The summed E-state index contributed by atoms with van der Waals surface area (Å²) in [6.07, 6.45) is 9.28. The maximum atomic E-state index is 13.0. The quantitative estimate of drug-likeness (QED) is 0.408. The molecule has 0 radical (unpaired) electrons. The molecule has 2 amide bonds. The molecule has 0 spiro atoms. The van der Waals surface area contributed by atoms with Crippen molar-refractivity contribution in [3.05, 3.63) is 40.9 Å². The number of rotatable bonds is 11. The van der Waals surface area contributed by atoms with Gasteiger partial charge in [-0.05, 0) is 68.3 Å². The van der Waals surface area contributed by atoms with E-state index in [2.05, 4.69) is 54.2 Å². The first-order chi connectivity index (χ1) is 17.4. The molecule has 1 aliphatic carbocycles. The third-order valence-corrected chi connectivity index (χ3v) is 8.75. The average Bonchev–Trinajstić information content (AvgIpc) is 3.54. The number of nitrogens with zero attached hydrogens (tertiary/aromatic N) is 2. The topological polar surface area (TPSA) is 74.3 Å². The first-order valence-corrected chi connectivity index (χ1v) is 14.6. The Morgan fingerprint density at radius 2 is 1.89 bits per heavy atom. The van der Waals surface area contributed by atoms with Gasteiger partial charge in [0, 0.05) is 37.5 Å². The van der Waals surface area contributed by atoms with Crippen molar-refractivity contribution in [2.24, 2.45) is 5.92 Å². The Labute approximate surface area is 219 Å². The van der Waals surface area contributed by atoms with Crippen molar-refractivity contribution in [3.63, 3.8) is 0 Å². The first kappa shape index (κ1) is 26.8. The van der Waals surface area contributed by atoms with Crippen LogP contribution in [0.4, 0.5) is 0 Å². The predicted octanol–water partition coefficient (Wildman–Crippen LogP) is 5.19. The van der Waals surface area contributed by atoms with Gasteiger partial charge in [0.15, 0.2) is 0 Å². The van der Waals surface area contributed by atoms with E-state index in [0.717, 1.165) is 36.5 Å². The lowest BCUT2D eigenvalue weighted by molar-refractivity contribution is -0.123. The molecule has 1 aliphatic heterocycles. The highest BCUT2D eigenvalue weighted by Crippen LogP contribution is 2.28. The average molecular weight is 511 g/mol. The fourth-order valence-corrected chi connectivity index (χ4v) is 6.45. The Kier molecular flexibility index (Phi) is 9.54. The summed E-state index contributed by atoms with van der Waals surface area (Å²) in [5, 5.41) is 7.34. The fraction of sp³-hybridized carbons (Fsp3) is 0.621. The number of carbonyl (C=O) groups is 2. The van der Waals surface area contributed by atoms with Gasteiger partial charge in [-0.1, -0.05) is 45.8 Å². The summed E-state index contributed by atoms with van der Waals surface area (Å²) in [6.45, 7) is 11.6. The molecule has 1 saturated heterocycles. The van der Waals surface area contributed by atoms with Gasteiger partial charge in [-0.15, -0.1) is 11.3 Å². The Bertz CT molecular complexity index is 1050. The molecule has 2 aliphatic rings. The van der Waals surface area contributed by atoms with Crippen molar-refractivity contribution in [1.82, 2.24) is 20.5 Å². The normalized spacial score (nSPS) is 18.0. The minimum atomic E-state index is -0.0906. The van der Waals surface area contributed by atoms with Gasteiger partial charge in [-0.3, -0.25) is 14.5 Å². The number of thiazole rings is 1. The fourth-order valence-electron chi connectivity index (χ4n) is 5.44. The number of benzene rings is 1. The number of amides is 2. The van der Waals surface area contributed by atoms with Crippen molar-refractivity contribution >= 4 is 33.4 Å². The number of aromatic nitrogens is 1. The van der Waals surface area contributed by atoms with Crippen LogP contribution in [0.2, 0.25) is 0 Å². The van der Waals surface area contributed by atoms with Crippen LogP contribution in [-0.4, -0.2) is 53.9 Å². The summed E-state index contributed by atoms with van der Waals surface area (Å²) >= 11 is 1.69. The molecule has 0 bridgehead atoms. The molecule has 196 valence electrons. The van der Waals surface area contributed by atoms with E-state index in [4.69, 9.17) is 4.98 Å². The Balaban J connectivity index is 1.30. The molecule has 6 nitrogen and oxygen atoms in total. The molecule has 1 unspecified atom stereocenters. The van der Waals surface area contributed by atoms with Crippen molar-refractivity contribution < 1.29 is 9.59 Å². The van der Waals surface area contributed by atoms with Crippen molar-refractivity contribution in [2.45, 2.75) is 83.6 Å². The Morgan fingerprint density at radius 1 is 1.14 bits per heavy atom. The third-order valence-electron chi connectivity index (χ3n) is 7.67. The molecule has 2 N–H and O–H groups in total. The van der Waals surface area contributed by atoms with E-state index in [-0.39, 0.29) is 17.9 Å². The molecular formula is C29H42N4O2S. The van der Waals surface area contributed by atoms with Crippen molar-refractivity contribution in [3.8, 4) is 0 Å². The minimum Gasteiger partial charge on any atom is -0.351 e. The lowest BCUT2D eigenvalue weighted by Crippen LogP contribution is -2.49.